The van der Waals surface area contributed by atoms with E-state index in [0.29, 0.717) is 47.7 Å². The molecule has 0 bridgehead atoms. The van der Waals surface area contributed by atoms with Gasteiger partial charge in [-0.05, 0) is 72.6 Å². The Bertz CT molecular complexity index is 1510. The Morgan fingerprint density at radius 1 is 0.974 bits per heavy atom. The Morgan fingerprint density at radius 2 is 1.61 bits per heavy atom. The highest BCUT2D eigenvalue weighted by atomic mass is 35.5. The summed E-state index contributed by atoms with van der Waals surface area (Å²) in [5, 5.41) is 4.67. The number of Topliss-reactive ketones (excluding diaryl/α,β-unsaturated/α-hetero) is 2. The number of nitrogens with zero attached hydrogens (tertiary/aromatic N) is 2. The molecule has 3 aromatic carbocycles. The molecule has 2 aliphatic rings. The van der Waals surface area contributed by atoms with Gasteiger partial charge in [0, 0.05) is 18.4 Å². The van der Waals surface area contributed by atoms with E-state index in [1.54, 1.807) is 11.6 Å². The van der Waals surface area contributed by atoms with Crippen molar-refractivity contribution in [1.29, 1.82) is 0 Å². The molecule has 1 aromatic heterocycles. The fourth-order valence-electron chi connectivity index (χ4n) is 6.89. The molecular formula is C32H30ClFN2O2. The third-order valence-corrected chi connectivity index (χ3v) is 8.72. The van der Waals surface area contributed by atoms with Crippen molar-refractivity contribution in [3.63, 3.8) is 0 Å². The highest BCUT2D eigenvalue weighted by Crippen LogP contribution is 2.62. The summed E-state index contributed by atoms with van der Waals surface area (Å²) < 4.78 is 16.6. The predicted octanol–water partition coefficient (Wildman–Crippen LogP) is 7.90. The first-order valence-electron chi connectivity index (χ1n) is 13.3. The molecule has 6 heteroatoms. The van der Waals surface area contributed by atoms with Crippen LogP contribution in [0.5, 0.6) is 0 Å². The molecule has 38 heavy (non-hydrogen) atoms. The van der Waals surface area contributed by atoms with Crippen molar-refractivity contribution in [2.24, 2.45) is 17.3 Å². The molecule has 1 heterocycles. The number of fused-ring (bicyclic) bond motifs is 1. The van der Waals surface area contributed by atoms with Crippen LogP contribution in [0.1, 0.15) is 61.4 Å². The van der Waals surface area contributed by atoms with E-state index >= 15 is 0 Å². The first kappa shape index (κ1) is 25.0. The van der Waals surface area contributed by atoms with Gasteiger partial charge in [-0.3, -0.25) is 9.48 Å². The van der Waals surface area contributed by atoms with E-state index in [-0.39, 0.29) is 22.0 Å². The second kappa shape index (κ2) is 9.77. The van der Waals surface area contributed by atoms with Gasteiger partial charge in [-0.25, -0.2) is 4.39 Å². The lowest BCUT2D eigenvalue weighted by atomic mass is 9.47. The molecule has 0 saturated heterocycles. The van der Waals surface area contributed by atoms with Crippen molar-refractivity contribution in [3.8, 4) is 11.1 Å². The number of benzene rings is 3. The fourth-order valence-corrected chi connectivity index (χ4v) is 7.10. The molecule has 0 aliphatic heterocycles. The SMILES string of the molecule is CC(=O)CC1CC2(C1)CC(CC(=O)c1cc(Cl)c(F)c3cnn(Cc4ccc(-c5ccccc5)cc4)c13)C2. The van der Waals surface area contributed by atoms with Crippen molar-refractivity contribution in [2.45, 2.75) is 52.0 Å². The van der Waals surface area contributed by atoms with Gasteiger partial charge in [0.05, 0.1) is 28.7 Å². The smallest absolute Gasteiger partial charge is 0.165 e. The molecule has 6 rings (SSSR count). The van der Waals surface area contributed by atoms with Gasteiger partial charge in [-0.1, -0.05) is 66.2 Å². The average Bonchev–Trinajstić information content (AvgIpc) is 3.28. The van der Waals surface area contributed by atoms with Crippen LogP contribution in [0, 0.1) is 23.1 Å². The first-order valence-corrected chi connectivity index (χ1v) is 13.7. The number of carbonyl (C=O) groups is 2. The topological polar surface area (TPSA) is 52.0 Å². The first-order chi connectivity index (χ1) is 18.3. The van der Waals surface area contributed by atoms with Gasteiger partial charge in [0.25, 0.3) is 0 Å². The van der Waals surface area contributed by atoms with Crippen molar-refractivity contribution in [1.82, 2.24) is 9.78 Å². The number of ketones is 2. The number of halogens is 2. The zero-order valence-electron chi connectivity index (χ0n) is 21.4. The highest BCUT2D eigenvalue weighted by Gasteiger charge is 2.52. The van der Waals surface area contributed by atoms with Gasteiger partial charge in [0.2, 0.25) is 0 Å². The zero-order valence-corrected chi connectivity index (χ0v) is 22.2. The molecule has 0 N–H and O–H groups in total. The largest absolute Gasteiger partial charge is 0.300 e. The monoisotopic (exact) mass is 528 g/mol. The van der Waals surface area contributed by atoms with Crippen molar-refractivity contribution in [2.75, 3.05) is 0 Å². The maximum atomic E-state index is 14.9. The van der Waals surface area contributed by atoms with Gasteiger partial charge in [-0.2, -0.15) is 5.10 Å². The Kier molecular flexibility index (Phi) is 6.43. The zero-order chi connectivity index (χ0) is 26.4. The molecule has 2 aliphatic carbocycles. The van der Waals surface area contributed by atoms with E-state index in [2.05, 4.69) is 29.4 Å². The van der Waals surface area contributed by atoms with Crippen LogP contribution >= 0.6 is 11.6 Å². The summed E-state index contributed by atoms with van der Waals surface area (Å²) in [6, 6.07) is 19.8. The molecule has 0 radical (unpaired) electrons. The quantitative estimate of drug-likeness (QED) is 0.218. The predicted molar refractivity (Wildman–Crippen MR) is 148 cm³/mol. The van der Waals surface area contributed by atoms with Crippen molar-refractivity contribution < 1.29 is 14.0 Å². The van der Waals surface area contributed by atoms with Crippen molar-refractivity contribution >= 4 is 34.1 Å². The standard InChI is InChI=1S/C32H30ClFN2O2/c1-20(37)11-22-14-32(15-22)16-23(17-32)12-29(38)26-13-28(33)30(34)27-18-35-36(31(26)27)19-21-7-9-25(10-8-21)24-5-3-2-4-6-24/h2-10,13,18,22-23H,11-12,14-17,19H2,1H3. The molecule has 2 fully saturated rings. The number of hydrogen-bond acceptors (Lipinski definition) is 3. The minimum absolute atomic E-state index is 0.0162. The van der Waals surface area contributed by atoms with E-state index in [1.165, 1.54) is 12.3 Å². The van der Waals surface area contributed by atoms with Gasteiger partial charge in [-0.15, -0.1) is 0 Å². The molecule has 0 atom stereocenters. The van der Waals surface area contributed by atoms with E-state index in [1.807, 2.05) is 30.3 Å². The normalized spacial score (nSPS) is 22.3. The molecule has 0 amide bonds. The minimum atomic E-state index is -0.544. The molecule has 4 nitrogen and oxygen atoms in total. The number of hydrogen-bond donors (Lipinski definition) is 0. The second-order valence-electron chi connectivity index (χ2n) is 11.4. The summed E-state index contributed by atoms with van der Waals surface area (Å²) in [5.74, 6) is 0.532. The molecule has 0 unspecified atom stereocenters. The number of carbonyl (C=O) groups excluding carboxylic acids is 2. The highest BCUT2D eigenvalue weighted by molar-refractivity contribution is 6.32. The molecule has 2 saturated carbocycles. The van der Waals surface area contributed by atoms with Gasteiger partial charge in [0.15, 0.2) is 11.6 Å². The maximum Gasteiger partial charge on any atom is 0.165 e. The lowest BCUT2D eigenvalue weighted by Gasteiger charge is -2.58. The molecule has 1 spiro atoms. The van der Waals surface area contributed by atoms with Crippen LogP contribution in [0.15, 0.2) is 66.9 Å². The van der Waals surface area contributed by atoms with Crippen LogP contribution in [0.3, 0.4) is 0 Å². The maximum absolute atomic E-state index is 14.9. The number of rotatable bonds is 8. The Balaban J connectivity index is 1.19. The van der Waals surface area contributed by atoms with E-state index < -0.39 is 5.82 Å². The summed E-state index contributed by atoms with van der Waals surface area (Å²) >= 11 is 6.21. The molecular weight excluding hydrogens is 499 g/mol. The van der Waals surface area contributed by atoms with Crippen LogP contribution < -0.4 is 0 Å². The lowest BCUT2D eigenvalue weighted by molar-refractivity contribution is -0.123. The Labute approximate surface area is 226 Å². The summed E-state index contributed by atoms with van der Waals surface area (Å²) in [6.07, 6.45) is 6.81. The Morgan fingerprint density at radius 3 is 2.26 bits per heavy atom. The summed E-state index contributed by atoms with van der Waals surface area (Å²) in [6.45, 7) is 2.08. The van der Waals surface area contributed by atoms with E-state index in [4.69, 9.17) is 11.6 Å². The molecule has 194 valence electrons. The third-order valence-electron chi connectivity index (χ3n) is 8.44. The lowest BCUT2D eigenvalue weighted by Crippen LogP contribution is -2.48. The van der Waals surface area contributed by atoms with Gasteiger partial charge in [0.1, 0.15) is 5.78 Å². The summed E-state index contributed by atoms with van der Waals surface area (Å²) in [4.78, 5) is 24.9. The van der Waals surface area contributed by atoms with Gasteiger partial charge >= 0.3 is 0 Å². The van der Waals surface area contributed by atoms with Crippen LogP contribution in [-0.4, -0.2) is 21.3 Å². The second-order valence-corrected chi connectivity index (χ2v) is 11.8. The molecule has 4 aromatic rings. The van der Waals surface area contributed by atoms with Crippen LogP contribution in [0.4, 0.5) is 4.39 Å². The average molecular weight is 529 g/mol. The van der Waals surface area contributed by atoms with E-state index in [0.717, 1.165) is 42.4 Å². The van der Waals surface area contributed by atoms with Crippen LogP contribution in [-0.2, 0) is 11.3 Å². The summed E-state index contributed by atoms with van der Waals surface area (Å²) in [7, 11) is 0. The number of aromatic nitrogens is 2. The van der Waals surface area contributed by atoms with Crippen LogP contribution in [0.2, 0.25) is 5.02 Å². The summed E-state index contributed by atoms with van der Waals surface area (Å²) in [5.41, 5.74) is 4.54. The third kappa shape index (κ3) is 4.69. The van der Waals surface area contributed by atoms with Crippen molar-refractivity contribution in [3.05, 3.63) is 88.8 Å². The van der Waals surface area contributed by atoms with Gasteiger partial charge < -0.3 is 4.79 Å². The Hall–Kier alpha value is -3.31. The van der Waals surface area contributed by atoms with E-state index in [9.17, 15) is 14.0 Å². The van der Waals surface area contributed by atoms with Crippen LogP contribution in [0.25, 0.3) is 22.0 Å². The fraction of sp³-hybridized carbons (Fsp3) is 0.344. The minimum Gasteiger partial charge on any atom is -0.300 e.